The zero-order valence-electron chi connectivity index (χ0n) is 13.1. The minimum atomic E-state index is -0.0266. The van der Waals surface area contributed by atoms with Crippen molar-refractivity contribution in [1.82, 2.24) is 19.9 Å². The molecule has 0 aromatic carbocycles. The van der Waals surface area contributed by atoms with Crippen LogP contribution in [0.3, 0.4) is 0 Å². The highest BCUT2D eigenvalue weighted by Gasteiger charge is 2.45. The second-order valence-corrected chi connectivity index (χ2v) is 6.39. The number of ether oxygens (including phenoxy) is 1. The van der Waals surface area contributed by atoms with E-state index in [-0.39, 0.29) is 11.6 Å². The van der Waals surface area contributed by atoms with Gasteiger partial charge in [-0.3, -0.25) is 9.88 Å². The Morgan fingerprint density at radius 3 is 2.87 bits per heavy atom. The zero-order valence-corrected chi connectivity index (χ0v) is 13.1. The summed E-state index contributed by atoms with van der Waals surface area (Å²) in [5.41, 5.74) is 1.09. The summed E-state index contributed by atoms with van der Waals surface area (Å²) in [6.45, 7) is 3.64. The van der Waals surface area contributed by atoms with Crippen LogP contribution in [0.25, 0.3) is 0 Å². The Morgan fingerprint density at radius 1 is 1.17 bits per heavy atom. The lowest BCUT2D eigenvalue weighted by molar-refractivity contribution is 0.0119. The Morgan fingerprint density at radius 2 is 2.04 bits per heavy atom. The van der Waals surface area contributed by atoms with Gasteiger partial charge in [-0.15, -0.1) is 0 Å². The second kappa shape index (κ2) is 6.22. The standard InChI is InChI=1S/C17H21N5O/c1-2-6-18-14(4-1)11-22-9-5-17(13-22)10-15(12-23-17)21-16-19-7-3-8-20-16/h1-4,6-8,15H,5,9-13H2,(H,19,20,21)/t15-,17+/m0/s1. The van der Waals surface area contributed by atoms with E-state index in [9.17, 15) is 0 Å². The van der Waals surface area contributed by atoms with Gasteiger partial charge in [0.1, 0.15) is 0 Å². The van der Waals surface area contributed by atoms with Crippen molar-refractivity contribution in [3.05, 3.63) is 48.5 Å². The SMILES string of the molecule is c1ccc(CN2CC[C@@]3(C[C@H](Nc4ncccn4)CO3)C2)nc1. The third-order valence-electron chi connectivity index (χ3n) is 4.62. The Balaban J connectivity index is 1.34. The fraction of sp³-hybridized carbons (Fsp3) is 0.471. The second-order valence-electron chi connectivity index (χ2n) is 6.39. The smallest absolute Gasteiger partial charge is 0.222 e. The molecule has 2 aromatic heterocycles. The molecule has 6 heteroatoms. The third kappa shape index (κ3) is 3.33. The lowest BCUT2D eigenvalue weighted by Gasteiger charge is -2.23. The van der Waals surface area contributed by atoms with E-state index in [0.717, 1.165) is 44.8 Å². The van der Waals surface area contributed by atoms with E-state index in [0.29, 0.717) is 5.95 Å². The van der Waals surface area contributed by atoms with Gasteiger partial charge >= 0.3 is 0 Å². The van der Waals surface area contributed by atoms with Crippen LogP contribution in [0.1, 0.15) is 18.5 Å². The van der Waals surface area contributed by atoms with Crippen molar-refractivity contribution in [3.63, 3.8) is 0 Å². The molecule has 2 aliphatic heterocycles. The van der Waals surface area contributed by atoms with Crippen LogP contribution in [0.2, 0.25) is 0 Å². The number of likely N-dealkylation sites (tertiary alicyclic amines) is 1. The highest BCUT2D eigenvalue weighted by atomic mass is 16.5. The molecule has 23 heavy (non-hydrogen) atoms. The number of anilines is 1. The Labute approximate surface area is 135 Å². The van der Waals surface area contributed by atoms with Gasteiger partial charge in [0.25, 0.3) is 0 Å². The Hall–Kier alpha value is -2.05. The lowest BCUT2D eigenvalue weighted by atomic mass is 9.97. The van der Waals surface area contributed by atoms with Crippen LogP contribution in [0.4, 0.5) is 5.95 Å². The largest absolute Gasteiger partial charge is 0.371 e. The van der Waals surface area contributed by atoms with Crippen LogP contribution >= 0.6 is 0 Å². The number of hydrogen-bond donors (Lipinski definition) is 1. The molecule has 2 atom stereocenters. The number of nitrogens with zero attached hydrogens (tertiary/aromatic N) is 4. The molecule has 120 valence electrons. The predicted molar refractivity (Wildman–Crippen MR) is 86.9 cm³/mol. The third-order valence-corrected chi connectivity index (χ3v) is 4.62. The average Bonchev–Trinajstić information content (AvgIpc) is 3.16. The highest BCUT2D eigenvalue weighted by Crippen LogP contribution is 2.36. The van der Waals surface area contributed by atoms with Gasteiger partial charge in [0, 0.05) is 44.6 Å². The molecule has 0 radical (unpaired) electrons. The van der Waals surface area contributed by atoms with E-state index in [2.05, 4.69) is 31.2 Å². The van der Waals surface area contributed by atoms with E-state index in [1.807, 2.05) is 24.4 Å². The fourth-order valence-corrected chi connectivity index (χ4v) is 3.56. The Bertz CT molecular complexity index is 578. The molecule has 0 unspecified atom stereocenters. The van der Waals surface area contributed by atoms with Crippen LogP contribution in [0, 0.1) is 0 Å². The van der Waals surface area contributed by atoms with Gasteiger partial charge in [0.05, 0.1) is 23.9 Å². The molecule has 1 spiro atoms. The van der Waals surface area contributed by atoms with Crippen LogP contribution in [-0.4, -0.2) is 51.2 Å². The van der Waals surface area contributed by atoms with Crippen LogP contribution in [-0.2, 0) is 11.3 Å². The first-order valence-corrected chi connectivity index (χ1v) is 8.11. The number of pyridine rings is 1. The molecule has 4 heterocycles. The normalized spacial score (nSPS) is 27.6. The van der Waals surface area contributed by atoms with Crippen molar-refractivity contribution < 1.29 is 4.74 Å². The summed E-state index contributed by atoms with van der Waals surface area (Å²) >= 11 is 0. The quantitative estimate of drug-likeness (QED) is 0.927. The van der Waals surface area contributed by atoms with Crippen molar-refractivity contribution in [3.8, 4) is 0 Å². The maximum absolute atomic E-state index is 6.17. The van der Waals surface area contributed by atoms with Crippen molar-refractivity contribution >= 4 is 5.95 Å². The monoisotopic (exact) mass is 311 g/mol. The molecule has 4 rings (SSSR count). The highest BCUT2D eigenvalue weighted by molar-refractivity contribution is 5.25. The molecular weight excluding hydrogens is 290 g/mol. The number of hydrogen-bond acceptors (Lipinski definition) is 6. The van der Waals surface area contributed by atoms with Gasteiger partial charge in [-0.25, -0.2) is 9.97 Å². The summed E-state index contributed by atoms with van der Waals surface area (Å²) in [5, 5.41) is 3.38. The number of nitrogens with one attached hydrogen (secondary N) is 1. The van der Waals surface area contributed by atoms with Crippen LogP contribution in [0.15, 0.2) is 42.9 Å². The molecule has 0 aliphatic carbocycles. The minimum absolute atomic E-state index is 0.0266. The van der Waals surface area contributed by atoms with E-state index in [1.54, 1.807) is 12.4 Å². The van der Waals surface area contributed by atoms with Crippen LogP contribution in [0.5, 0.6) is 0 Å². The summed E-state index contributed by atoms with van der Waals surface area (Å²) < 4.78 is 6.17. The summed E-state index contributed by atoms with van der Waals surface area (Å²) in [6, 6.07) is 8.19. The van der Waals surface area contributed by atoms with Crippen LogP contribution < -0.4 is 5.32 Å². The summed E-state index contributed by atoms with van der Waals surface area (Å²) in [6.07, 6.45) is 7.45. The molecule has 2 aromatic rings. The topological polar surface area (TPSA) is 63.2 Å². The first-order valence-electron chi connectivity index (χ1n) is 8.11. The van der Waals surface area contributed by atoms with Crippen molar-refractivity contribution in [2.24, 2.45) is 0 Å². The molecule has 0 bridgehead atoms. The van der Waals surface area contributed by atoms with Gasteiger partial charge < -0.3 is 10.1 Å². The first-order chi connectivity index (χ1) is 11.3. The molecule has 6 nitrogen and oxygen atoms in total. The first kappa shape index (κ1) is 14.5. The molecule has 1 N–H and O–H groups in total. The summed E-state index contributed by atoms with van der Waals surface area (Å²) in [5.74, 6) is 0.682. The van der Waals surface area contributed by atoms with Gasteiger partial charge in [-0.2, -0.15) is 0 Å². The summed E-state index contributed by atoms with van der Waals surface area (Å²) in [7, 11) is 0. The lowest BCUT2D eigenvalue weighted by Crippen LogP contribution is -2.33. The molecule has 2 saturated heterocycles. The number of aromatic nitrogens is 3. The van der Waals surface area contributed by atoms with Gasteiger partial charge in [-0.05, 0) is 24.6 Å². The molecule has 0 amide bonds. The molecule has 0 saturated carbocycles. The van der Waals surface area contributed by atoms with Crippen molar-refractivity contribution in [2.75, 3.05) is 25.0 Å². The maximum atomic E-state index is 6.17. The number of rotatable bonds is 4. The summed E-state index contributed by atoms with van der Waals surface area (Å²) in [4.78, 5) is 15.3. The van der Waals surface area contributed by atoms with E-state index < -0.39 is 0 Å². The van der Waals surface area contributed by atoms with E-state index >= 15 is 0 Å². The minimum Gasteiger partial charge on any atom is -0.371 e. The van der Waals surface area contributed by atoms with Gasteiger partial charge in [-0.1, -0.05) is 6.07 Å². The molecule has 2 aliphatic rings. The van der Waals surface area contributed by atoms with Crippen molar-refractivity contribution in [2.45, 2.75) is 31.0 Å². The van der Waals surface area contributed by atoms with Crippen molar-refractivity contribution in [1.29, 1.82) is 0 Å². The van der Waals surface area contributed by atoms with Gasteiger partial charge in [0.2, 0.25) is 5.95 Å². The van der Waals surface area contributed by atoms with E-state index in [1.165, 1.54) is 0 Å². The maximum Gasteiger partial charge on any atom is 0.222 e. The fourth-order valence-electron chi connectivity index (χ4n) is 3.56. The average molecular weight is 311 g/mol. The van der Waals surface area contributed by atoms with Gasteiger partial charge in [0.15, 0.2) is 0 Å². The van der Waals surface area contributed by atoms with E-state index in [4.69, 9.17) is 4.74 Å². The molecular formula is C17H21N5O. The molecule has 2 fully saturated rings. The Kier molecular flexibility index (Phi) is 3.93. The zero-order chi connectivity index (χ0) is 15.5. The predicted octanol–water partition coefficient (Wildman–Crippen LogP) is 1.72.